The van der Waals surface area contributed by atoms with Gasteiger partial charge in [0.05, 0.1) is 6.54 Å². The number of aryl methyl sites for hydroxylation is 1. The lowest BCUT2D eigenvalue weighted by Gasteiger charge is -2.40. The average Bonchev–Trinajstić information content (AvgIpc) is 2.58. The maximum atomic E-state index is 12.5. The Labute approximate surface area is 138 Å². The van der Waals surface area contributed by atoms with Crippen molar-refractivity contribution < 1.29 is 4.79 Å². The molecule has 1 aliphatic rings. The van der Waals surface area contributed by atoms with E-state index < -0.39 is 0 Å². The zero-order valence-corrected chi connectivity index (χ0v) is 13.9. The van der Waals surface area contributed by atoms with Crippen molar-refractivity contribution in [2.24, 2.45) is 0 Å². The van der Waals surface area contributed by atoms with E-state index in [4.69, 9.17) is 0 Å². The zero-order chi connectivity index (χ0) is 16.2. The summed E-state index contributed by atoms with van der Waals surface area (Å²) in [6.45, 7) is 6.36. The van der Waals surface area contributed by atoms with E-state index in [-0.39, 0.29) is 5.91 Å². The summed E-state index contributed by atoms with van der Waals surface area (Å²) in [6, 6.07) is 19.1. The lowest BCUT2D eigenvalue weighted by molar-refractivity contribution is -0.122. The van der Waals surface area contributed by atoms with Gasteiger partial charge in [-0.25, -0.2) is 0 Å². The van der Waals surface area contributed by atoms with E-state index in [1.54, 1.807) is 0 Å². The van der Waals surface area contributed by atoms with Crippen molar-refractivity contribution in [1.29, 1.82) is 0 Å². The van der Waals surface area contributed by atoms with Crippen LogP contribution in [0.2, 0.25) is 0 Å². The molecule has 0 aliphatic carbocycles. The fraction of sp³-hybridized carbons (Fsp3) is 0.350. The van der Waals surface area contributed by atoms with Gasteiger partial charge >= 0.3 is 0 Å². The number of anilines is 1. The SMILES string of the molecule is CCN1CC(=O)N(c2ccc(C)cc2)C[C@@H]1Cc1ccccc1. The van der Waals surface area contributed by atoms with Crippen LogP contribution in [0.1, 0.15) is 18.1 Å². The second-order valence-corrected chi connectivity index (χ2v) is 6.25. The zero-order valence-electron chi connectivity index (χ0n) is 13.9. The molecule has 0 bridgehead atoms. The lowest BCUT2D eigenvalue weighted by Crippen LogP contribution is -2.57. The van der Waals surface area contributed by atoms with Gasteiger partial charge in [0.1, 0.15) is 0 Å². The van der Waals surface area contributed by atoms with Gasteiger partial charge in [-0.3, -0.25) is 9.69 Å². The highest BCUT2D eigenvalue weighted by molar-refractivity contribution is 5.95. The number of rotatable bonds is 4. The minimum Gasteiger partial charge on any atom is -0.310 e. The van der Waals surface area contributed by atoms with Gasteiger partial charge in [-0.1, -0.05) is 55.0 Å². The average molecular weight is 308 g/mol. The lowest BCUT2D eigenvalue weighted by atomic mass is 10.0. The predicted octanol–water partition coefficient (Wildman–Crippen LogP) is 3.27. The standard InChI is InChI=1S/C20H24N2O/c1-3-21-15-20(23)22(18-11-9-16(2)10-12-18)14-19(21)13-17-7-5-4-6-8-17/h4-12,19H,3,13-15H2,1-2H3/t19-/m0/s1. The van der Waals surface area contributed by atoms with Gasteiger partial charge in [0, 0.05) is 18.3 Å². The largest absolute Gasteiger partial charge is 0.310 e. The minimum atomic E-state index is 0.194. The summed E-state index contributed by atoms with van der Waals surface area (Å²) in [5.41, 5.74) is 3.55. The number of likely N-dealkylation sites (N-methyl/N-ethyl adjacent to an activating group) is 1. The van der Waals surface area contributed by atoms with Crippen molar-refractivity contribution in [3.05, 3.63) is 65.7 Å². The molecule has 1 atom stereocenters. The molecule has 1 heterocycles. The van der Waals surface area contributed by atoms with Crippen LogP contribution in [-0.2, 0) is 11.2 Å². The number of piperazine rings is 1. The van der Waals surface area contributed by atoms with E-state index in [9.17, 15) is 4.79 Å². The number of carbonyl (C=O) groups excluding carboxylic acids is 1. The molecule has 1 aliphatic heterocycles. The Morgan fingerprint density at radius 3 is 2.39 bits per heavy atom. The molecule has 3 nitrogen and oxygen atoms in total. The number of hydrogen-bond acceptors (Lipinski definition) is 2. The molecule has 1 amide bonds. The van der Waals surface area contributed by atoms with Crippen LogP contribution in [0.5, 0.6) is 0 Å². The molecular formula is C20H24N2O. The van der Waals surface area contributed by atoms with E-state index in [2.05, 4.69) is 67.3 Å². The van der Waals surface area contributed by atoms with Gasteiger partial charge in [0.2, 0.25) is 5.91 Å². The van der Waals surface area contributed by atoms with Gasteiger partial charge in [-0.05, 0) is 37.6 Å². The summed E-state index contributed by atoms with van der Waals surface area (Å²) in [5, 5.41) is 0. The van der Waals surface area contributed by atoms with E-state index in [1.165, 1.54) is 11.1 Å². The molecule has 2 aromatic rings. The van der Waals surface area contributed by atoms with Crippen molar-refractivity contribution in [2.75, 3.05) is 24.5 Å². The number of carbonyl (C=O) groups is 1. The Hall–Kier alpha value is -2.13. The third-order valence-corrected chi connectivity index (χ3v) is 4.62. The number of amides is 1. The van der Waals surface area contributed by atoms with Crippen LogP contribution >= 0.6 is 0 Å². The van der Waals surface area contributed by atoms with Crippen LogP contribution < -0.4 is 4.90 Å². The molecule has 0 unspecified atom stereocenters. The predicted molar refractivity (Wildman–Crippen MR) is 94.7 cm³/mol. The molecule has 1 saturated heterocycles. The molecule has 120 valence electrons. The monoisotopic (exact) mass is 308 g/mol. The van der Waals surface area contributed by atoms with Crippen LogP contribution in [0.15, 0.2) is 54.6 Å². The summed E-state index contributed by atoms with van der Waals surface area (Å²) in [7, 11) is 0. The summed E-state index contributed by atoms with van der Waals surface area (Å²) in [6.07, 6.45) is 0.977. The van der Waals surface area contributed by atoms with Crippen LogP contribution in [-0.4, -0.2) is 36.5 Å². The van der Waals surface area contributed by atoms with Crippen molar-refractivity contribution in [1.82, 2.24) is 4.90 Å². The van der Waals surface area contributed by atoms with Crippen LogP contribution in [0.4, 0.5) is 5.69 Å². The maximum Gasteiger partial charge on any atom is 0.241 e. The molecule has 0 aromatic heterocycles. The van der Waals surface area contributed by atoms with Crippen molar-refractivity contribution in [2.45, 2.75) is 26.3 Å². The number of benzene rings is 2. The van der Waals surface area contributed by atoms with Gasteiger partial charge in [-0.2, -0.15) is 0 Å². The second-order valence-electron chi connectivity index (χ2n) is 6.25. The molecule has 1 fully saturated rings. The highest BCUT2D eigenvalue weighted by Crippen LogP contribution is 2.22. The Morgan fingerprint density at radius 1 is 1.04 bits per heavy atom. The number of hydrogen-bond donors (Lipinski definition) is 0. The fourth-order valence-electron chi connectivity index (χ4n) is 3.24. The van der Waals surface area contributed by atoms with Crippen molar-refractivity contribution in [3.8, 4) is 0 Å². The molecule has 3 rings (SSSR count). The maximum absolute atomic E-state index is 12.5. The normalized spacial score (nSPS) is 19.1. The van der Waals surface area contributed by atoms with Gasteiger partial charge < -0.3 is 4.90 Å². The second kappa shape index (κ2) is 6.97. The molecule has 3 heteroatoms. The molecule has 23 heavy (non-hydrogen) atoms. The minimum absolute atomic E-state index is 0.194. The van der Waals surface area contributed by atoms with E-state index in [0.29, 0.717) is 12.6 Å². The van der Waals surface area contributed by atoms with E-state index in [0.717, 1.165) is 25.2 Å². The highest BCUT2D eigenvalue weighted by Gasteiger charge is 2.31. The first-order valence-electron chi connectivity index (χ1n) is 8.32. The first-order chi connectivity index (χ1) is 11.2. The summed E-state index contributed by atoms with van der Waals surface area (Å²) >= 11 is 0. The Balaban J connectivity index is 1.80. The van der Waals surface area contributed by atoms with Crippen LogP contribution in [0.3, 0.4) is 0 Å². The summed E-state index contributed by atoms with van der Waals surface area (Å²) in [5.74, 6) is 0.194. The van der Waals surface area contributed by atoms with E-state index in [1.807, 2.05) is 11.0 Å². The van der Waals surface area contributed by atoms with Crippen molar-refractivity contribution in [3.63, 3.8) is 0 Å². The smallest absolute Gasteiger partial charge is 0.241 e. The first kappa shape index (κ1) is 15.8. The molecule has 0 radical (unpaired) electrons. The van der Waals surface area contributed by atoms with Gasteiger partial charge in [-0.15, -0.1) is 0 Å². The van der Waals surface area contributed by atoms with Gasteiger partial charge in [0.15, 0.2) is 0 Å². The molecule has 2 aromatic carbocycles. The third kappa shape index (κ3) is 3.62. The topological polar surface area (TPSA) is 23.6 Å². The summed E-state index contributed by atoms with van der Waals surface area (Å²) < 4.78 is 0. The molecule has 0 saturated carbocycles. The molecule has 0 N–H and O–H groups in total. The van der Waals surface area contributed by atoms with Crippen LogP contribution in [0, 0.1) is 6.92 Å². The first-order valence-corrected chi connectivity index (χ1v) is 8.32. The van der Waals surface area contributed by atoms with E-state index >= 15 is 0 Å². The number of nitrogens with zero attached hydrogens (tertiary/aromatic N) is 2. The summed E-state index contributed by atoms with van der Waals surface area (Å²) in [4.78, 5) is 16.8. The van der Waals surface area contributed by atoms with Crippen LogP contribution in [0.25, 0.3) is 0 Å². The third-order valence-electron chi connectivity index (χ3n) is 4.62. The Morgan fingerprint density at radius 2 is 1.74 bits per heavy atom. The van der Waals surface area contributed by atoms with Crippen molar-refractivity contribution >= 4 is 11.6 Å². The fourth-order valence-corrected chi connectivity index (χ4v) is 3.24. The highest BCUT2D eigenvalue weighted by atomic mass is 16.2. The Kier molecular flexibility index (Phi) is 4.77. The Bertz CT molecular complexity index is 651. The molecule has 0 spiro atoms. The van der Waals surface area contributed by atoms with Gasteiger partial charge in [0.25, 0.3) is 0 Å². The quantitative estimate of drug-likeness (QED) is 0.865. The molecular weight excluding hydrogens is 284 g/mol.